The van der Waals surface area contributed by atoms with E-state index in [1.54, 1.807) is 0 Å². The number of carbonyl (C=O) groups excluding carboxylic acids is 1. The van der Waals surface area contributed by atoms with Gasteiger partial charge in [0.05, 0.1) is 10.6 Å². The van der Waals surface area contributed by atoms with Gasteiger partial charge in [0.2, 0.25) is 5.91 Å². The number of anilines is 2. The van der Waals surface area contributed by atoms with Crippen molar-refractivity contribution in [1.82, 2.24) is 0 Å². The highest BCUT2D eigenvalue weighted by molar-refractivity contribution is 7.92. The molecule has 0 fully saturated rings. The predicted octanol–water partition coefficient (Wildman–Crippen LogP) is 4.68. The molecule has 1 aliphatic heterocycles. The summed E-state index contributed by atoms with van der Waals surface area (Å²) in [7, 11) is -4.22. The Bertz CT molecular complexity index is 1630. The summed E-state index contributed by atoms with van der Waals surface area (Å²) >= 11 is 0. The lowest BCUT2D eigenvalue weighted by Gasteiger charge is -2.25. The maximum absolute atomic E-state index is 13.8. The lowest BCUT2D eigenvalue weighted by atomic mass is 10.0. The van der Waals surface area contributed by atoms with E-state index in [0.717, 1.165) is 40.1 Å². The van der Waals surface area contributed by atoms with Crippen molar-refractivity contribution in [2.45, 2.75) is 17.7 Å². The number of nitrogens with zero attached hydrogens (tertiary/aromatic N) is 1. The van der Waals surface area contributed by atoms with Crippen molar-refractivity contribution in [1.29, 1.82) is 0 Å². The average Bonchev–Trinajstić information content (AvgIpc) is 3.34. The van der Waals surface area contributed by atoms with Gasteiger partial charge in [0.25, 0.3) is 10.0 Å². The van der Waals surface area contributed by atoms with Gasteiger partial charge in [-0.3, -0.25) is 9.10 Å². The van der Waals surface area contributed by atoms with Gasteiger partial charge in [0.15, 0.2) is 11.5 Å². The second-order valence-corrected chi connectivity index (χ2v) is 10.8. The minimum atomic E-state index is -4.22. The second-order valence-electron chi connectivity index (χ2n) is 8.95. The lowest BCUT2D eigenvalue weighted by molar-refractivity contribution is -0.114. The van der Waals surface area contributed by atoms with Crippen LogP contribution >= 0.6 is 0 Å². The van der Waals surface area contributed by atoms with E-state index in [-0.39, 0.29) is 10.6 Å². The van der Waals surface area contributed by atoms with Crippen molar-refractivity contribution in [2.24, 2.45) is 0 Å². The first-order valence-electron chi connectivity index (χ1n) is 11.9. The van der Waals surface area contributed by atoms with Crippen molar-refractivity contribution in [3.05, 3.63) is 89.7 Å². The monoisotopic (exact) mass is 518 g/mol. The molecule has 0 spiro atoms. The average molecular weight is 519 g/mol. The zero-order valence-electron chi connectivity index (χ0n) is 19.7. The van der Waals surface area contributed by atoms with Crippen LogP contribution in [0.5, 0.6) is 11.5 Å². The molecule has 188 valence electrons. The van der Waals surface area contributed by atoms with E-state index < -0.39 is 28.3 Å². The molecule has 1 N–H and O–H groups in total. The van der Waals surface area contributed by atoms with Crippen molar-refractivity contribution >= 4 is 38.1 Å². The van der Waals surface area contributed by atoms with Crippen LogP contribution in [0.25, 0.3) is 10.8 Å². The summed E-state index contributed by atoms with van der Waals surface area (Å²) in [6.07, 6.45) is 1.91. The van der Waals surface area contributed by atoms with Gasteiger partial charge in [-0.1, -0.05) is 24.3 Å². The quantitative estimate of drug-likeness (QED) is 0.401. The van der Waals surface area contributed by atoms with E-state index >= 15 is 0 Å². The molecule has 1 aliphatic carbocycles. The number of sulfonamides is 1. The zero-order valence-corrected chi connectivity index (χ0v) is 20.6. The molecule has 0 bridgehead atoms. The molecule has 0 aromatic heterocycles. The maximum Gasteiger partial charge on any atom is 0.264 e. The highest BCUT2D eigenvalue weighted by atomic mass is 32.2. The molecule has 0 unspecified atom stereocenters. The van der Waals surface area contributed by atoms with Crippen LogP contribution in [-0.2, 0) is 27.7 Å². The molecule has 7 nitrogen and oxygen atoms in total. The molecule has 2 aliphatic rings. The van der Waals surface area contributed by atoms with Gasteiger partial charge < -0.3 is 14.8 Å². The zero-order chi connectivity index (χ0) is 25.6. The van der Waals surface area contributed by atoms with Crippen LogP contribution in [-0.4, -0.2) is 34.1 Å². The lowest BCUT2D eigenvalue weighted by Crippen LogP contribution is -2.38. The largest absolute Gasteiger partial charge is 0.486 e. The number of hydrogen-bond acceptors (Lipinski definition) is 5. The number of benzene rings is 4. The number of nitrogens with one attached hydrogen (secondary N) is 1. The number of carbonyl (C=O) groups is 1. The Hall–Kier alpha value is -4.11. The number of rotatable bonds is 6. The smallest absolute Gasteiger partial charge is 0.264 e. The molecule has 1 heterocycles. The summed E-state index contributed by atoms with van der Waals surface area (Å²) in [4.78, 5) is 13.2. The van der Waals surface area contributed by atoms with E-state index in [2.05, 4.69) is 11.4 Å². The maximum atomic E-state index is 13.8. The molecular weight excluding hydrogens is 495 g/mol. The highest BCUT2D eigenvalue weighted by Crippen LogP contribution is 2.36. The molecule has 6 rings (SSSR count). The Morgan fingerprint density at radius 1 is 0.892 bits per heavy atom. The molecule has 9 heteroatoms. The van der Waals surface area contributed by atoms with Crippen molar-refractivity contribution in [2.75, 3.05) is 29.4 Å². The third-order valence-corrected chi connectivity index (χ3v) is 8.42. The summed E-state index contributed by atoms with van der Waals surface area (Å²) in [6, 6.07) is 19.1. The van der Waals surface area contributed by atoms with Gasteiger partial charge in [-0.2, -0.15) is 0 Å². The van der Waals surface area contributed by atoms with Crippen LogP contribution in [0, 0.1) is 5.82 Å². The van der Waals surface area contributed by atoms with Crippen molar-refractivity contribution in [3.8, 4) is 11.5 Å². The van der Waals surface area contributed by atoms with E-state index in [0.29, 0.717) is 30.4 Å². The number of amides is 1. The van der Waals surface area contributed by atoms with Crippen LogP contribution in [0.3, 0.4) is 0 Å². The Morgan fingerprint density at radius 2 is 1.62 bits per heavy atom. The summed E-state index contributed by atoms with van der Waals surface area (Å²) in [5.74, 6) is -0.283. The Balaban J connectivity index is 1.34. The number of fused-ring (bicyclic) bond motifs is 1. The second kappa shape index (κ2) is 9.08. The van der Waals surface area contributed by atoms with Gasteiger partial charge in [0.1, 0.15) is 25.6 Å². The fourth-order valence-corrected chi connectivity index (χ4v) is 6.35. The van der Waals surface area contributed by atoms with Crippen molar-refractivity contribution in [3.63, 3.8) is 0 Å². The van der Waals surface area contributed by atoms with Gasteiger partial charge in [-0.05, 0) is 71.8 Å². The summed E-state index contributed by atoms with van der Waals surface area (Å²) in [6.45, 7) is 0.165. The van der Waals surface area contributed by atoms with Gasteiger partial charge >= 0.3 is 0 Å². The summed E-state index contributed by atoms with van der Waals surface area (Å²) in [5.41, 5.74) is 3.24. The number of ether oxygens (including phenoxy) is 2. The standard InChI is InChI=1S/C28H23FN2O5S/c29-20-7-9-21(10-8-20)31(37(33,34)22-11-13-25-26(16-22)36-15-14-35-25)17-27(32)30-24-12-6-19-5-4-18-2-1-3-23(24)28(18)19/h1-3,6-13,16H,4-5,14-15,17H2,(H,30,32). The van der Waals surface area contributed by atoms with Crippen LogP contribution in [0.2, 0.25) is 0 Å². The predicted molar refractivity (Wildman–Crippen MR) is 138 cm³/mol. The third-order valence-electron chi connectivity index (χ3n) is 6.65. The molecule has 0 radical (unpaired) electrons. The summed E-state index contributed by atoms with van der Waals surface area (Å²) in [5, 5.41) is 4.95. The Labute approximate surface area is 213 Å². The number of halogens is 1. The minimum Gasteiger partial charge on any atom is -0.486 e. The van der Waals surface area contributed by atoms with Gasteiger partial charge in [-0.25, -0.2) is 12.8 Å². The van der Waals surface area contributed by atoms with E-state index in [4.69, 9.17) is 9.47 Å². The van der Waals surface area contributed by atoms with Crippen LogP contribution in [0.1, 0.15) is 11.1 Å². The molecule has 4 aromatic carbocycles. The van der Waals surface area contributed by atoms with E-state index in [9.17, 15) is 17.6 Å². The summed E-state index contributed by atoms with van der Waals surface area (Å²) < 4.78 is 53.2. The highest BCUT2D eigenvalue weighted by Gasteiger charge is 2.29. The first-order valence-corrected chi connectivity index (χ1v) is 13.4. The minimum absolute atomic E-state index is 0.0702. The topological polar surface area (TPSA) is 84.9 Å². The van der Waals surface area contributed by atoms with Gasteiger partial charge in [0, 0.05) is 17.1 Å². The number of aryl methyl sites for hydroxylation is 2. The first-order chi connectivity index (χ1) is 17.9. The molecule has 37 heavy (non-hydrogen) atoms. The van der Waals surface area contributed by atoms with Crippen molar-refractivity contribution < 1.29 is 27.1 Å². The molecule has 0 saturated carbocycles. The first kappa shape index (κ1) is 23.3. The van der Waals surface area contributed by atoms with E-state index in [1.165, 1.54) is 41.5 Å². The fourth-order valence-electron chi connectivity index (χ4n) is 4.91. The Morgan fingerprint density at radius 3 is 2.41 bits per heavy atom. The molecule has 4 aromatic rings. The normalized spacial score (nSPS) is 14.0. The van der Waals surface area contributed by atoms with Gasteiger partial charge in [-0.15, -0.1) is 0 Å². The molecule has 1 amide bonds. The fraction of sp³-hybridized carbons (Fsp3) is 0.179. The molecular formula is C28H23FN2O5S. The van der Waals surface area contributed by atoms with Crippen LogP contribution in [0.4, 0.5) is 15.8 Å². The van der Waals surface area contributed by atoms with Crippen LogP contribution in [0.15, 0.2) is 77.7 Å². The molecule has 0 saturated heterocycles. The number of hydrogen-bond donors (Lipinski definition) is 1. The molecule has 0 atom stereocenters. The Kier molecular flexibility index (Phi) is 5.72. The third kappa shape index (κ3) is 4.25. The van der Waals surface area contributed by atoms with Crippen LogP contribution < -0.4 is 19.1 Å². The SMILES string of the molecule is O=C(CN(c1ccc(F)cc1)S(=O)(=O)c1ccc2c(c1)OCCO2)Nc1ccc2c3c(cccc13)CC2. The van der Waals surface area contributed by atoms with E-state index in [1.807, 2.05) is 24.3 Å².